The number of rotatable bonds is 5. The van der Waals surface area contributed by atoms with E-state index in [1.54, 1.807) is 11.8 Å². The molecule has 1 nitrogen and oxygen atoms in total. The lowest BCUT2D eigenvalue weighted by molar-refractivity contribution is 0.0958. The molecule has 82 valence electrons. The Morgan fingerprint density at radius 2 is 1.93 bits per heavy atom. The highest BCUT2D eigenvalue weighted by Crippen LogP contribution is 2.28. The van der Waals surface area contributed by atoms with Gasteiger partial charge < -0.3 is 0 Å². The summed E-state index contributed by atoms with van der Waals surface area (Å²) in [7, 11) is 0. The maximum absolute atomic E-state index is 12.1. The zero-order valence-electron chi connectivity index (χ0n) is 9.00. The normalized spacial score (nSPS) is 11.4. The number of carbonyl (C=O) groups excluding carboxylic acids is 1. The summed E-state index contributed by atoms with van der Waals surface area (Å²) in [6.07, 6.45) is 0. The molecule has 0 aliphatic heterocycles. The van der Waals surface area contributed by atoms with E-state index in [4.69, 9.17) is 11.6 Å². The molecule has 0 spiro atoms. The average Bonchev–Trinajstić information content (AvgIpc) is 2.26. The molecule has 1 rings (SSSR count). The summed E-state index contributed by atoms with van der Waals surface area (Å²) >= 11 is 7.23. The first kappa shape index (κ1) is 12.6. The third-order valence-corrected chi connectivity index (χ3v) is 3.85. The second-order valence-electron chi connectivity index (χ2n) is 3.74. The minimum Gasteiger partial charge on any atom is -0.293 e. The maximum atomic E-state index is 12.1. The van der Waals surface area contributed by atoms with Crippen molar-refractivity contribution in [2.75, 3.05) is 11.6 Å². The SMILES string of the molecule is CC(C)(SCCCl)C(=O)c1ccccc1. The number of ketones is 1. The molecular weight excluding hydrogens is 228 g/mol. The monoisotopic (exact) mass is 242 g/mol. The smallest absolute Gasteiger partial charge is 0.178 e. The highest BCUT2D eigenvalue weighted by atomic mass is 35.5. The summed E-state index contributed by atoms with van der Waals surface area (Å²) in [4.78, 5) is 12.1. The number of thioether (sulfide) groups is 1. The predicted molar refractivity (Wildman–Crippen MR) is 68.0 cm³/mol. The number of halogens is 1. The maximum Gasteiger partial charge on any atom is 0.178 e. The van der Waals surface area contributed by atoms with Crippen LogP contribution in [0, 0.1) is 0 Å². The summed E-state index contributed by atoms with van der Waals surface area (Å²) in [5.41, 5.74) is 0.768. The van der Waals surface area contributed by atoms with Crippen LogP contribution in [0.2, 0.25) is 0 Å². The molecule has 0 aliphatic carbocycles. The van der Waals surface area contributed by atoms with Gasteiger partial charge in [-0.05, 0) is 13.8 Å². The molecule has 0 saturated heterocycles. The number of benzene rings is 1. The van der Waals surface area contributed by atoms with Gasteiger partial charge in [0.05, 0.1) is 4.75 Å². The Kier molecular flexibility index (Phi) is 4.68. The van der Waals surface area contributed by atoms with Crippen LogP contribution in [-0.2, 0) is 0 Å². The quantitative estimate of drug-likeness (QED) is 0.580. The number of alkyl halides is 1. The number of carbonyl (C=O) groups is 1. The average molecular weight is 243 g/mol. The van der Waals surface area contributed by atoms with Gasteiger partial charge in [0.25, 0.3) is 0 Å². The van der Waals surface area contributed by atoms with E-state index >= 15 is 0 Å². The summed E-state index contributed by atoms with van der Waals surface area (Å²) in [5, 5.41) is 0. The second-order valence-corrected chi connectivity index (χ2v) is 5.84. The molecule has 0 aliphatic rings. The molecule has 1 aromatic carbocycles. The van der Waals surface area contributed by atoms with Gasteiger partial charge >= 0.3 is 0 Å². The van der Waals surface area contributed by atoms with Gasteiger partial charge in [-0.2, -0.15) is 0 Å². The van der Waals surface area contributed by atoms with E-state index in [1.807, 2.05) is 44.2 Å². The third-order valence-electron chi connectivity index (χ3n) is 2.12. The van der Waals surface area contributed by atoms with E-state index in [1.165, 1.54) is 0 Å². The van der Waals surface area contributed by atoms with Gasteiger partial charge in [-0.15, -0.1) is 23.4 Å². The summed E-state index contributed by atoms with van der Waals surface area (Å²) < 4.78 is -0.393. The van der Waals surface area contributed by atoms with Crippen LogP contribution in [0.15, 0.2) is 30.3 Å². The summed E-state index contributed by atoms with van der Waals surface area (Å²) in [5.74, 6) is 1.54. The van der Waals surface area contributed by atoms with Gasteiger partial charge in [-0.3, -0.25) is 4.79 Å². The van der Waals surface area contributed by atoms with Crippen molar-refractivity contribution in [3.63, 3.8) is 0 Å². The van der Waals surface area contributed by atoms with Gasteiger partial charge in [0.2, 0.25) is 0 Å². The molecule has 0 unspecified atom stereocenters. The van der Waals surface area contributed by atoms with E-state index in [0.29, 0.717) is 5.88 Å². The third kappa shape index (κ3) is 3.54. The Bertz CT molecular complexity index is 322. The Morgan fingerprint density at radius 1 is 1.33 bits per heavy atom. The molecule has 0 fully saturated rings. The lowest BCUT2D eigenvalue weighted by Crippen LogP contribution is -2.28. The van der Waals surface area contributed by atoms with Gasteiger partial charge in [-0.1, -0.05) is 30.3 Å². The molecule has 0 amide bonds. The Balaban J connectivity index is 2.75. The first-order chi connectivity index (χ1) is 7.08. The van der Waals surface area contributed by atoms with Gasteiger partial charge in [0.15, 0.2) is 5.78 Å². The number of Topliss-reactive ketones (excluding diaryl/α,β-unsaturated/α-hetero) is 1. The van der Waals surface area contributed by atoms with E-state index in [0.717, 1.165) is 11.3 Å². The van der Waals surface area contributed by atoms with Crippen LogP contribution >= 0.6 is 23.4 Å². The molecule has 0 saturated carbocycles. The lowest BCUT2D eigenvalue weighted by Gasteiger charge is -2.22. The first-order valence-corrected chi connectivity index (χ1v) is 6.39. The second kappa shape index (κ2) is 5.57. The van der Waals surface area contributed by atoms with Crippen molar-refractivity contribution in [2.45, 2.75) is 18.6 Å². The molecule has 0 aromatic heterocycles. The lowest BCUT2D eigenvalue weighted by atomic mass is 10.0. The molecule has 0 heterocycles. The van der Waals surface area contributed by atoms with Gasteiger partial charge in [0.1, 0.15) is 0 Å². The summed E-state index contributed by atoms with van der Waals surface area (Å²) in [6.45, 7) is 3.89. The highest BCUT2D eigenvalue weighted by Gasteiger charge is 2.28. The number of hydrogen-bond acceptors (Lipinski definition) is 2. The van der Waals surface area contributed by atoms with Gasteiger partial charge in [0, 0.05) is 17.2 Å². The zero-order valence-corrected chi connectivity index (χ0v) is 10.6. The fraction of sp³-hybridized carbons (Fsp3) is 0.417. The molecule has 0 N–H and O–H groups in total. The van der Waals surface area contributed by atoms with Crippen LogP contribution < -0.4 is 0 Å². The van der Waals surface area contributed by atoms with Crippen LogP contribution in [0.1, 0.15) is 24.2 Å². The molecular formula is C12H15ClOS. The topological polar surface area (TPSA) is 17.1 Å². The first-order valence-electron chi connectivity index (χ1n) is 4.87. The molecule has 0 bridgehead atoms. The van der Waals surface area contributed by atoms with Crippen LogP contribution in [0.5, 0.6) is 0 Å². The Morgan fingerprint density at radius 3 is 2.47 bits per heavy atom. The Labute approximate surface area is 100 Å². The van der Waals surface area contributed by atoms with Crippen molar-refractivity contribution < 1.29 is 4.79 Å². The molecule has 3 heteroatoms. The van der Waals surface area contributed by atoms with Crippen molar-refractivity contribution >= 4 is 29.1 Å². The van der Waals surface area contributed by atoms with Crippen molar-refractivity contribution in [3.8, 4) is 0 Å². The van der Waals surface area contributed by atoms with Crippen molar-refractivity contribution in [1.82, 2.24) is 0 Å². The zero-order chi connectivity index (χ0) is 11.3. The van der Waals surface area contributed by atoms with E-state index < -0.39 is 4.75 Å². The van der Waals surface area contributed by atoms with Crippen molar-refractivity contribution in [1.29, 1.82) is 0 Å². The fourth-order valence-corrected chi connectivity index (χ4v) is 2.36. The number of hydrogen-bond donors (Lipinski definition) is 0. The minimum atomic E-state index is -0.393. The highest BCUT2D eigenvalue weighted by molar-refractivity contribution is 8.01. The van der Waals surface area contributed by atoms with Gasteiger partial charge in [-0.25, -0.2) is 0 Å². The van der Waals surface area contributed by atoms with Crippen LogP contribution in [0.3, 0.4) is 0 Å². The minimum absolute atomic E-state index is 0.165. The standard InChI is InChI=1S/C12H15ClOS/c1-12(2,15-9-8-13)11(14)10-6-4-3-5-7-10/h3-7H,8-9H2,1-2H3. The molecule has 0 atom stereocenters. The Hall–Kier alpha value is -0.470. The fourth-order valence-electron chi connectivity index (χ4n) is 1.30. The van der Waals surface area contributed by atoms with Crippen molar-refractivity contribution in [2.24, 2.45) is 0 Å². The van der Waals surface area contributed by atoms with E-state index in [2.05, 4.69) is 0 Å². The van der Waals surface area contributed by atoms with E-state index in [-0.39, 0.29) is 5.78 Å². The van der Waals surface area contributed by atoms with Crippen molar-refractivity contribution in [3.05, 3.63) is 35.9 Å². The molecule has 1 aromatic rings. The van der Waals surface area contributed by atoms with Crippen LogP contribution in [0.4, 0.5) is 0 Å². The summed E-state index contributed by atoms with van der Waals surface area (Å²) in [6, 6.07) is 9.39. The largest absolute Gasteiger partial charge is 0.293 e. The van der Waals surface area contributed by atoms with Crippen LogP contribution in [-0.4, -0.2) is 22.2 Å². The molecule has 0 radical (unpaired) electrons. The van der Waals surface area contributed by atoms with Crippen LogP contribution in [0.25, 0.3) is 0 Å². The molecule has 15 heavy (non-hydrogen) atoms. The predicted octanol–water partition coefficient (Wildman–Crippen LogP) is 3.62. The van der Waals surface area contributed by atoms with E-state index in [9.17, 15) is 4.79 Å².